The second-order valence-electron chi connectivity index (χ2n) is 1.50. The van der Waals surface area contributed by atoms with E-state index in [1.807, 2.05) is 0 Å². The third-order valence-electron chi connectivity index (χ3n) is 0.906. The number of ketones is 1. The molecule has 3 heteroatoms. The van der Waals surface area contributed by atoms with Gasteiger partial charge in [-0.25, -0.2) is 5.32 Å². The Labute approximate surface area is 46.8 Å². The number of carbonyl (C=O) groups excluding carboxylic acids is 1. The molecule has 0 aromatic heterocycles. The number of hydrogen-bond acceptors (Lipinski definition) is 1. The molecular weight excluding hydrogens is 114 g/mol. The SMILES string of the molecule is O=C1C[N]CC1Cl. The van der Waals surface area contributed by atoms with Gasteiger partial charge in [0.2, 0.25) is 0 Å². The van der Waals surface area contributed by atoms with Crippen molar-refractivity contribution in [1.82, 2.24) is 5.32 Å². The summed E-state index contributed by atoms with van der Waals surface area (Å²) in [5, 5.41) is 3.44. The summed E-state index contributed by atoms with van der Waals surface area (Å²) >= 11 is 5.42. The smallest absolute Gasteiger partial charge is 0.167 e. The van der Waals surface area contributed by atoms with Crippen molar-refractivity contribution in [2.45, 2.75) is 5.38 Å². The highest BCUT2D eigenvalue weighted by Crippen LogP contribution is 2.01. The summed E-state index contributed by atoms with van der Waals surface area (Å²) in [5.41, 5.74) is 0. The summed E-state index contributed by atoms with van der Waals surface area (Å²) in [6.45, 7) is 0.842. The molecule has 0 saturated carbocycles. The molecule has 1 saturated heterocycles. The van der Waals surface area contributed by atoms with Gasteiger partial charge in [0.15, 0.2) is 5.78 Å². The third-order valence-corrected chi connectivity index (χ3v) is 1.29. The van der Waals surface area contributed by atoms with Crippen LogP contribution in [0, 0.1) is 0 Å². The minimum atomic E-state index is -0.319. The fraction of sp³-hybridized carbons (Fsp3) is 0.750. The van der Waals surface area contributed by atoms with Crippen LogP contribution in [-0.4, -0.2) is 24.2 Å². The average Bonchev–Trinajstić information content (AvgIpc) is 1.91. The number of Topliss-reactive ketones (excluding diaryl/α,β-unsaturated/α-hetero) is 1. The molecule has 1 atom stereocenters. The molecule has 2 nitrogen and oxygen atoms in total. The van der Waals surface area contributed by atoms with Crippen molar-refractivity contribution in [3.05, 3.63) is 0 Å². The Morgan fingerprint density at radius 3 is 2.71 bits per heavy atom. The van der Waals surface area contributed by atoms with Crippen LogP contribution in [-0.2, 0) is 4.79 Å². The van der Waals surface area contributed by atoms with Gasteiger partial charge in [0.1, 0.15) is 5.38 Å². The summed E-state index contributed by atoms with van der Waals surface area (Å²) in [4.78, 5) is 10.3. The Hall–Kier alpha value is -0.0800. The van der Waals surface area contributed by atoms with E-state index in [-0.39, 0.29) is 11.2 Å². The van der Waals surface area contributed by atoms with Crippen LogP contribution in [0.15, 0.2) is 0 Å². The maximum atomic E-state index is 10.3. The molecule has 0 amide bonds. The highest BCUT2D eigenvalue weighted by Gasteiger charge is 2.21. The second kappa shape index (κ2) is 1.80. The Balaban J connectivity index is 2.48. The van der Waals surface area contributed by atoms with Crippen molar-refractivity contribution in [2.24, 2.45) is 0 Å². The van der Waals surface area contributed by atoms with Gasteiger partial charge in [0.25, 0.3) is 0 Å². The molecule has 1 heterocycles. The summed E-state index contributed by atoms with van der Waals surface area (Å²) in [7, 11) is 0. The molecule has 0 aromatic carbocycles. The molecule has 1 radical (unpaired) electrons. The molecule has 1 fully saturated rings. The molecule has 0 aliphatic carbocycles. The number of alkyl halides is 1. The van der Waals surface area contributed by atoms with Crippen LogP contribution < -0.4 is 5.32 Å². The van der Waals surface area contributed by atoms with Gasteiger partial charge >= 0.3 is 0 Å². The largest absolute Gasteiger partial charge is 0.296 e. The quantitative estimate of drug-likeness (QED) is 0.405. The van der Waals surface area contributed by atoms with Crippen molar-refractivity contribution < 1.29 is 4.79 Å². The van der Waals surface area contributed by atoms with E-state index >= 15 is 0 Å². The lowest BCUT2D eigenvalue weighted by Crippen LogP contribution is -2.08. The zero-order chi connectivity index (χ0) is 5.28. The molecule has 39 valence electrons. The number of hydrogen-bond donors (Lipinski definition) is 0. The van der Waals surface area contributed by atoms with Gasteiger partial charge in [-0.1, -0.05) is 0 Å². The van der Waals surface area contributed by atoms with Gasteiger partial charge in [0, 0.05) is 6.54 Å². The molecule has 0 bridgehead atoms. The van der Waals surface area contributed by atoms with Crippen molar-refractivity contribution in [3.63, 3.8) is 0 Å². The standard InChI is InChI=1S/C4H5ClNO/c5-3-1-6-2-4(3)7/h3H,1-2H2. The number of nitrogens with zero attached hydrogens (tertiary/aromatic N) is 1. The van der Waals surface area contributed by atoms with Gasteiger partial charge in [-0.15, -0.1) is 11.6 Å². The van der Waals surface area contributed by atoms with Gasteiger partial charge < -0.3 is 0 Å². The maximum absolute atomic E-state index is 10.3. The van der Waals surface area contributed by atoms with Crippen molar-refractivity contribution >= 4 is 17.4 Å². The Morgan fingerprint density at radius 1 is 1.86 bits per heavy atom. The lowest BCUT2D eigenvalue weighted by atomic mass is 10.3. The molecule has 0 aromatic rings. The van der Waals surface area contributed by atoms with E-state index in [0.717, 1.165) is 0 Å². The minimum Gasteiger partial charge on any atom is -0.296 e. The average molecular weight is 119 g/mol. The minimum absolute atomic E-state index is 0.0571. The van der Waals surface area contributed by atoms with Crippen LogP contribution in [0.4, 0.5) is 0 Å². The lowest BCUT2D eigenvalue weighted by molar-refractivity contribution is -0.116. The Bertz CT molecular complexity index is 93.7. The van der Waals surface area contributed by atoms with Crippen molar-refractivity contribution in [1.29, 1.82) is 0 Å². The second-order valence-corrected chi connectivity index (χ2v) is 2.02. The molecule has 1 rings (SSSR count). The third kappa shape index (κ3) is 0.924. The summed E-state index contributed by atoms with van der Waals surface area (Å²) in [6.07, 6.45) is 0. The molecule has 1 aliphatic rings. The highest BCUT2D eigenvalue weighted by molar-refractivity contribution is 6.32. The Morgan fingerprint density at radius 2 is 2.57 bits per heavy atom. The van der Waals surface area contributed by atoms with Crippen LogP contribution >= 0.6 is 11.6 Å². The van der Waals surface area contributed by atoms with Crippen LogP contribution in [0.5, 0.6) is 0 Å². The molecule has 1 unspecified atom stereocenters. The first kappa shape index (κ1) is 5.06. The maximum Gasteiger partial charge on any atom is 0.167 e. The van der Waals surface area contributed by atoms with Gasteiger partial charge in [0.05, 0.1) is 6.54 Å². The highest BCUT2D eigenvalue weighted by atomic mass is 35.5. The van der Waals surface area contributed by atoms with E-state index in [9.17, 15) is 4.79 Å². The van der Waals surface area contributed by atoms with Crippen molar-refractivity contribution in [3.8, 4) is 0 Å². The number of rotatable bonds is 0. The van der Waals surface area contributed by atoms with Crippen LogP contribution in [0.3, 0.4) is 0 Å². The summed E-state index contributed by atoms with van der Waals surface area (Å²) in [6, 6.07) is 0. The zero-order valence-corrected chi connectivity index (χ0v) is 4.48. The molecule has 0 N–H and O–H groups in total. The van der Waals surface area contributed by atoms with E-state index in [2.05, 4.69) is 5.32 Å². The van der Waals surface area contributed by atoms with Gasteiger partial charge in [-0.2, -0.15) is 0 Å². The van der Waals surface area contributed by atoms with E-state index in [0.29, 0.717) is 13.1 Å². The van der Waals surface area contributed by atoms with E-state index < -0.39 is 0 Å². The number of carbonyl (C=O) groups is 1. The molecule has 7 heavy (non-hydrogen) atoms. The monoisotopic (exact) mass is 118 g/mol. The van der Waals surface area contributed by atoms with E-state index in [4.69, 9.17) is 11.6 Å². The fourth-order valence-electron chi connectivity index (χ4n) is 0.489. The normalized spacial score (nSPS) is 31.6. The summed E-state index contributed by atoms with van der Waals surface area (Å²) < 4.78 is 0. The summed E-state index contributed by atoms with van der Waals surface area (Å²) in [5.74, 6) is 0.0571. The molecule has 0 spiro atoms. The van der Waals surface area contributed by atoms with Crippen LogP contribution in [0.1, 0.15) is 0 Å². The fourth-order valence-corrected chi connectivity index (χ4v) is 0.656. The number of halogens is 1. The molecule has 1 aliphatic heterocycles. The van der Waals surface area contributed by atoms with Crippen molar-refractivity contribution in [2.75, 3.05) is 13.1 Å². The first-order valence-corrected chi connectivity index (χ1v) is 2.54. The van der Waals surface area contributed by atoms with Gasteiger partial charge in [-0.05, 0) is 0 Å². The predicted octanol–water partition coefficient (Wildman–Crippen LogP) is -0.219. The predicted molar refractivity (Wildman–Crippen MR) is 26.5 cm³/mol. The first-order valence-electron chi connectivity index (χ1n) is 2.11. The first-order chi connectivity index (χ1) is 3.30. The zero-order valence-electron chi connectivity index (χ0n) is 3.72. The van der Waals surface area contributed by atoms with Gasteiger partial charge in [-0.3, -0.25) is 4.79 Å². The van der Waals surface area contributed by atoms with Crippen LogP contribution in [0.2, 0.25) is 0 Å². The Kier molecular flexibility index (Phi) is 1.30. The lowest BCUT2D eigenvalue weighted by Gasteiger charge is -1.86. The molecular formula is C4H5ClNO. The van der Waals surface area contributed by atoms with E-state index in [1.54, 1.807) is 0 Å². The van der Waals surface area contributed by atoms with Crippen LogP contribution in [0.25, 0.3) is 0 Å². The topological polar surface area (TPSA) is 31.2 Å². The van der Waals surface area contributed by atoms with E-state index in [1.165, 1.54) is 0 Å².